The van der Waals surface area contributed by atoms with Gasteiger partial charge in [-0.1, -0.05) is 30.3 Å². The van der Waals surface area contributed by atoms with Crippen molar-refractivity contribution >= 4 is 5.69 Å². The van der Waals surface area contributed by atoms with Crippen LogP contribution in [0.2, 0.25) is 0 Å². The van der Waals surface area contributed by atoms with E-state index in [9.17, 15) is 0 Å². The van der Waals surface area contributed by atoms with Gasteiger partial charge >= 0.3 is 0 Å². The largest absolute Gasteiger partial charge is 0.399 e. The van der Waals surface area contributed by atoms with Gasteiger partial charge in [-0.25, -0.2) is 0 Å². The topological polar surface area (TPSA) is 38.0 Å². The molecule has 3 N–H and O–H groups in total. The Balaban J connectivity index is 1.50. The van der Waals surface area contributed by atoms with Crippen LogP contribution >= 0.6 is 0 Å². The molecule has 0 saturated heterocycles. The van der Waals surface area contributed by atoms with Crippen molar-refractivity contribution in [2.75, 3.05) is 5.73 Å². The maximum atomic E-state index is 5.88. The predicted octanol–water partition coefficient (Wildman–Crippen LogP) is 3.01. The fraction of sp³-hybridized carbons (Fsp3) is 0.333. The maximum absolute atomic E-state index is 5.88. The average Bonchev–Trinajstić information content (AvgIpc) is 3.02. The van der Waals surface area contributed by atoms with E-state index in [2.05, 4.69) is 41.7 Å². The number of aryl methyl sites for hydroxylation is 1. The Kier molecular flexibility index (Phi) is 2.78. The molecule has 20 heavy (non-hydrogen) atoms. The molecule has 102 valence electrons. The van der Waals surface area contributed by atoms with Crippen LogP contribution in [0.5, 0.6) is 0 Å². The van der Waals surface area contributed by atoms with Crippen molar-refractivity contribution in [2.24, 2.45) is 0 Å². The van der Waals surface area contributed by atoms with Gasteiger partial charge in [-0.05, 0) is 60.1 Å². The van der Waals surface area contributed by atoms with Gasteiger partial charge in [0.2, 0.25) is 0 Å². The van der Waals surface area contributed by atoms with Crippen LogP contribution in [0.1, 0.15) is 34.7 Å². The molecule has 0 spiro atoms. The summed E-state index contributed by atoms with van der Waals surface area (Å²) in [5.41, 5.74) is 12.7. The van der Waals surface area contributed by atoms with Gasteiger partial charge in [-0.15, -0.1) is 0 Å². The molecule has 0 aromatic heterocycles. The zero-order valence-electron chi connectivity index (χ0n) is 11.6. The van der Waals surface area contributed by atoms with Gasteiger partial charge in [0.05, 0.1) is 0 Å². The molecule has 2 nitrogen and oxygen atoms in total. The molecular formula is C18H20N2. The Hall–Kier alpha value is -1.80. The first-order valence-electron chi connectivity index (χ1n) is 7.51. The Bertz CT molecular complexity index is 623. The summed E-state index contributed by atoms with van der Waals surface area (Å²) in [7, 11) is 0. The van der Waals surface area contributed by atoms with E-state index in [1.807, 2.05) is 6.07 Å². The van der Waals surface area contributed by atoms with Crippen molar-refractivity contribution in [3.8, 4) is 0 Å². The first kappa shape index (κ1) is 12.0. The lowest BCUT2D eigenvalue weighted by atomic mass is 10.1. The Morgan fingerprint density at radius 1 is 0.950 bits per heavy atom. The van der Waals surface area contributed by atoms with Gasteiger partial charge in [0.1, 0.15) is 0 Å². The minimum atomic E-state index is 0.505. The van der Waals surface area contributed by atoms with Crippen molar-refractivity contribution in [1.29, 1.82) is 0 Å². The number of fused-ring (bicyclic) bond motifs is 2. The molecule has 0 fully saturated rings. The third-order valence-electron chi connectivity index (χ3n) is 4.73. The monoisotopic (exact) mass is 264 g/mol. The SMILES string of the molecule is Nc1ccc2c(c1)CCC2NC1Cc2ccccc2C1. The summed E-state index contributed by atoms with van der Waals surface area (Å²) in [6, 6.07) is 16.3. The molecule has 2 heteroatoms. The Morgan fingerprint density at radius 3 is 2.45 bits per heavy atom. The van der Waals surface area contributed by atoms with Crippen LogP contribution < -0.4 is 11.1 Å². The summed E-state index contributed by atoms with van der Waals surface area (Å²) in [6.45, 7) is 0. The van der Waals surface area contributed by atoms with Gasteiger partial charge in [0, 0.05) is 17.8 Å². The number of anilines is 1. The summed E-state index contributed by atoms with van der Waals surface area (Å²) in [4.78, 5) is 0. The lowest BCUT2D eigenvalue weighted by Crippen LogP contribution is -2.32. The number of rotatable bonds is 2. The van der Waals surface area contributed by atoms with Crippen LogP contribution in [0.25, 0.3) is 0 Å². The molecule has 0 saturated carbocycles. The molecule has 2 aliphatic carbocycles. The van der Waals surface area contributed by atoms with E-state index in [0.29, 0.717) is 12.1 Å². The van der Waals surface area contributed by atoms with Crippen LogP contribution in [-0.4, -0.2) is 6.04 Å². The van der Waals surface area contributed by atoms with E-state index in [1.165, 1.54) is 28.7 Å². The lowest BCUT2D eigenvalue weighted by Gasteiger charge is -2.19. The van der Waals surface area contributed by atoms with E-state index in [4.69, 9.17) is 5.73 Å². The second-order valence-electron chi connectivity index (χ2n) is 6.09. The highest BCUT2D eigenvalue weighted by Crippen LogP contribution is 2.34. The molecule has 1 unspecified atom stereocenters. The van der Waals surface area contributed by atoms with Crippen molar-refractivity contribution in [3.63, 3.8) is 0 Å². The van der Waals surface area contributed by atoms with Crippen molar-refractivity contribution in [1.82, 2.24) is 5.32 Å². The van der Waals surface area contributed by atoms with Gasteiger partial charge in [-0.2, -0.15) is 0 Å². The van der Waals surface area contributed by atoms with E-state index >= 15 is 0 Å². The van der Waals surface area contributed by atoms with Crippen molar-refractivity contribution in [3.05, 3.63) is 64.7 Å². The normalized spacial score (nSPS) is 20.9. The van der Waals surface area contributed by atoms with Crippen molar-refractivity contribution < 1.29 is 0 Å². The number of benzene rings is 2. The van der Waals surface area contributed by atoms with Gasteiger partial charge < -0.3 is 11.1 Å². The molecule has 0 heterocycles. The summed E-state index contributed by atoms with van der Waals surface area (Å²) >= 11 is 0. The van der Waals surface area contributed by atoms with Crippen molar-refractivity contribution in [2.45, 2.75) is 37.8 Å². The minimum absolute atomic E-state index is 0.505. The molecule has 0 aliphatic heterocycles. The fourth-order valence-electron chi connectivity index (χ4n) is 3.77. The summed E-state index contributed by atoms with van der Waals surface area (Å²) in [6.07, 6.45) is 4.68. The number of nitrogen functional groups attached to an aromatic ring is 1. The summed E-state index contributed by atoms with van der Waals surface area (Å²) in [5, 5.41) is 3.86. The smallest absolute Gasteiger partial charge is 0.0328 e. The van der Waals surface area contributed by atoms with E-state index in [-0.39, 0.29) is 0 Å². The molecule has 2 aromatic rings. The number of hydrogen-bond acceptors (Lipinski definition) is 2. The average molecular weight is 264 g/mol. The maximum Gasteiger partial charge on any atom is 0.0328 e. The summed E-state index contributed by atoms with van der Waals surface area (Å²) in [5.74, 6) is 0. The standard InChI is InChI=1S/C18H20N2/c19-15-6-7-17-14(9-15)5-8-18(17)20-16-10-12-3-1-2-4-13(12)11-16/h1-4,6-7,9,16,18,20H,5,8,10-11,19H2. The zero-order chi connectivity index (χ0) is 13.5. The molecular weight excluding hydrogens is 244 g/mol. The van der Waals surface area contributed by atoms with Crippen LogP contribution in [0.3, 0.4) is 0 Å². The van der Waals surface area contributed by atoms with Gasteiger partial charge in [-0.3, -0.25) is 0 Å². The van der Waals surface area contributed by atoms with Crippen LogP contribution in [0.15, 0.2) is 42.5 Å². The van der Waals surface area contributed by atoms with Crippen LogP contribution in [0, 0.1) is 0 Å². The van der Waals surface area contributed by atoms with Gasteiger partial charge in [0.25, 0.3) is 0 Å². The molecule has 2 aromatic carbocycles. The fourth-order valence-corrected chi connectivity index (χ4v) is 3.77. The second-order valence-corrected chi connectivity index (χ2v) is 6.09. The molecule has 0 radical (unpaired) electrons. The first-order chi connectivity index (χ1) is 9.79. The van der Waals surface area contributed by atoms with E-state index < -0.39 is 0 Å². The molecule has 1 atom stereocenters. The Labute approximate surface area is 120 Å². The highest BCUT2D eigenvalue weighted by molar-refractivity contribution is 5.48. The Morgan fingerprint density at radius 2 is 1.70 bits per heavy atom. The molecule has 0 amide bonds. The molecule has 2 aliphatic rings. The number of nitrogens with one attached hydrogen (secondary N) is 1. The molecule has 4 rings (SSSR count). The first-order valence-corrected chi connectivity index (χ1v) is 7.51. The third kappa shape index (κ3) is 2.01. The third-order valence-corrected chi connectivity index (χ3v) is 4.73. The van der Waals surface area contributed by atoms with Gasteiger partial charge in [0.15, 0.2) is 0 Å². The second kappa shape index (κ2) is 4.64. The molecule has 0 bridgehead atoms. The highest BCUT2D eigenvalue weighted by Gasteiger charge is 2.27. The van der Waals surface area contributed by atoms with Crippen LogP contribution in [-0.2, 0) is 19.3 Å². The predicted molar refractivity (Wildman–Crippen MR) is 82.7 cm³/mol. The van der Waals surface area contributed by atoms with E-state index in [0.717, 1.165) is 24.9 Å². The number of nitrogens with two attached hydrogens (primary N) is 1. The minimum Gasteiger partial charge on any atom is -0.399 e. The lowest BCUT2D eigenvalue weighted by molar-refractivity contribution is 0.443. The zero-order valence-corrected chi connectivity index (χ0v) is 11.6. The van der Waals surface area contributed by atoms with E-state index in [1.54, 1.807) is 0 Å². The highest BCUT2D eigenvalue weighted by atomic mass is 15.0. The quantitative estimate of drug-likeness (QED) is 0.818. The van der Waals surface area contributed by atoms with Crippen LogP contribution in [0.4, 0.5) is 5.69 Å². The summed E-state index contributed by atoms with van der Waals surface area (Å²) < 4.78 is 0. The number of hydrogen-bond donors (Lipinski definition) is 2.